The number of halogens is 3. The number of β-amino-alcohol motifs (C(OH)–C–C–N with tert-alkyl or cyclic N) is 1. The van der Waals surface area contributed by atoms with Crippen molar-refractivity contribution in [3.63, 3.8) is 0 Å². The number of hydrogen-bond donors (Lipinski definition) is 2. The number of nitrogens with zero attached hydrogens (tertiary/aromatic N) is 3. The van der Waals surface area contributed by atoms with Gasteiger partial charge in [-0.2, -0.15) is 13.2 Å². The topological polar surface area (TPSA) is 59.1 Å². The zero-order chi connectivity index (χ0) is 19.3. The number of aliphatic hydroxyl groups is 1. The number of carbonyl (C=O) groups excluding carboxylic acids is 1. The van der Waals surface area contributed by atoms with Crippen molar-refractivity contribution in [2.24, 2.45) is 0 Å². The van der Waals surface area contributed by atoms with Crippen LogP contribution in [0.25, 0.3) is 0 Å². The van der Waals surface area contributed by atoms with Gasteiger partial charge in [-0.15, -0.1) is 0 Å². The predicted molar refractivity (Wildman–Crippen MR) is 93.0 cm³/mol. The average Bonchev–Trinajstić information content (AvgIpc) is 2.56. The van der Waals surface area contributed by atoms with Crippen LogP contribution in [0.2, 0.25) is 0 Å². The van der Waals surface area contributed by atoms with Gasteiger partial charge < -0.3 is 20.2 Å². The molecule has 1 unspecified atom stereocenters. The maximum atomic E-state index is 13.0. The van der Waals surface area contributed by atoms with Crippen LogP contribution in [0.15, 0.2) is 24.3 Å². The minimum absolute atomic E-state index is 0.0341. The molecule has 9 heteroatoms. The minimum Gasteiger partial charge on any atom is -0.390 e. The smallest absolute Gasteiger partial charge is 0.390 e. The number of likely N-dealkylation sites (N-methyl/N-ethyl adjacent to an activating group) is 2. The molecule has 0 aliphatic carbocycles. The molecule has 0 radical (unpaired) electrons. The summed E-state index contributed by atoms with van der Waals surface area (Å²) in [6.07, 6.45) is -5.32. The van der Waals surface area contributed by atoms with Crippen LogP contribution in [0.3, 0.4) is 0 Å². The van der Waals surface area contributed by atoms with Gasteiger partial charge in [0.2, 0.25) is 0 Å². The number of para-hydroxylation sites is 1. The Labute approximate surface area is 151 Å². The Morgan fingerprint density at radius 2 is 1.88 bits per heavy atom. The van der Waals surface area contributed by atoms with E-state index in [4.69, 9.17) is 0 Å². The van der Waals surface area contributed by atoms with Crippen LogP contribution in [-0.4, -0.2) is 85.3 Å². The van der Waals surface area contributed by atoms with Crippen LogP contribution in [0.1, 0.15) is 5.56 Å². The first-order chi connectivity index (χ1) is 12.2. The fraction of sp³-hybridized carbons (Fsp3) is 0.588. The summed E-state index contributed by atoms with van der Waals surface area (Å²) in [7, 11) is 3.48. The molecule has 1 aliphatic rings. The fourth-order valence-electron chi connectivity index (χ4n) is 2.84. The number of anilines is 1. The largest absolute Gasteiger partial charge is 0.418 e. The third-order valence-electron chi connectivity index (χ3n) is 4.37. The molecule has 0 saturated carbocycles. The Hall–Kier alpha value is -1.84. The highest BCUT2D eigenvalue weighted by Crippen LogP contribution is 2.34. The first-order valence-electron chi connectivity index (χ1n) is 8.44. The molecule has 1 heterocycles. The van der Waals surface area contributed by atoms with E-state index in [1.165, 1.54) is 30.1 Å². The quantitative estimate of drug-likeness (QED) is 0.825. The summed E-state index contributed by atoms with van der Waals surface area (Å²) in [5, 5.41) is 12.4. The molecular formula is C17H25F3N4O2. The number of urea groups is 1. The van der Waals surface area contributed by atoms with Gasteiger partial charge in [-0.05, 0) is 19.2 Å². The molecule has 1 fully saturated rings. The molecule has 0 aromatic heterocycles. The molecule has 0 spiro atoms. The van der Waals surface area contributed by atoms with Crippen molar-refractivity contribution >= 4 is 11.7 Å². The first-order valence-corrected chi connectivity index (χ1v) is 8.44. The van der Waals surface area contributed by atoms with Crippen molar-refractivity contribution in [1.82, 2.24) is 14.7 Å². The van der Waals surface area contributed by atoms with E-state index in [2.05, 4.69) is 15.1 Å². The number of carbonyl (C=O) groups is 1. The highest BCUT2D eigenvalue weighted by Gasteiger charge is 2.33. The highest BCUT2D eigenvalue weighted by molar-refractivity contribution is 5.90. The van der Waals surface area contributed by atoms with Gasteiger partial charge in [0, 0.05) is 46.3 Å². The molecule has 26 heavy (non-hydrogen) atoms. The maximum absolute atomic E-state index is 13.0. The number of hydrogen-bond acceptors (Lipinski definition) is 4. The maximum Gasteiger partial charge on any atom is 0.418 e. The summed E-state index contributed by atoms with van der Waals surface area (Å²) in [4.78, 5) is 17.7. The minimum atomic E-state index is -4.55. The Morgan fingerprint density at radius 3 is 2.50 bits per heavy atom. The van der Waals surface area contributed by atoms with Crippen molar-refractivity contribution in [1.29, 1.82) is 0 Å². The van der Waals surface area contributed by atoms with Gasteiger partial charge in [0.05, 0.1) is 17.4 Å². The summed E-state index contributed by atoms with van der Waals surface area (Å²) in [6.45, 7) is 3.95. The Morgan fingerprint density at radius 1 is 1.27 bits per heavy atom. The number of rotatable bonds is 5. The van der Waals surface area contributed by atoms with E-state index in [0.29, 0.717) is 6.54 Å². The van der Waals surface area contributed by atoms with Crippen LogP contribution >= 0.6 is 0 Å². The van der Waals surface area contributed by atoms with E-state index in [0.717, 1.165) is 32.2 Å². The summed E-state index contributed by atoms with van der Waals surface area (Å²) in [5.41, 5.74) is -1.20. The molecule has 1 aromatic carbocycles. The molecular weight excluding hydrogens is 349 g/mol. The molecule has 0 bridgehead atoms. The lowest BCUT2D eigenvalue weighted by Gasteiger charge is -2.34. The van der Waals surface area contributed by atoms with Gasteiger partial charge in [0.1, 0.15) is 0 Å². The van der Waals surface area contributed by atoms with Gasteiger partial charge in [-0.1, -0.05) is 12.1 Å². The molecule has 1 saturated heterocycles. The number of alkyl halides is 3. The molecule has 146 valence electrons. The monoisotopic (exact) mass is 374 g/mol. The SMILES string of the molecule is CN1CCN(CC(O)CN(C)C(=O)Nc2ccccc2C(F)(F)F)CC1. The molecule has 1 aliphatic heterocycles. The van der Waals surface area contributed by atoms with E-state index in [1.807, 2.05) is 7.05 Å². The lowest BCUT2D eigenvalue weighted by molar-refractivity contribution is -0.136. The first kappa shape index (κ1) is 20.5. The molecule has 2 amide bonds. The summed E-state index contributed by atoms with van der Waals surface area (Å²) in [6, 6.07) is 4.11. The van der Waals surface area contributed by atoms with Crippen molar-refractivity contribution in [2.75, 3.05) is 58.7 Å². The van der Waals surface area contributed by atoms with Crippen LogP contribution < -0.4 is 5.32 Å². The van der Waals surface area contributed by atoms with Crippen LogP contribution in [-0.2, 0) is 6.18 Å². The van der Waals surface area contributed by atoms with E-state index < -0.39 is 23.9 Å². The van der Waals surface area contributed by atoms with E-state index >= 15 is 0 Å². The third-order valence-corrected chi connectivity index (χ3v) is 4.37. The second kappa shape index (κ2) is 8.70. The predicted octanol–water partition coefficient (Wildman–Crippen LogP) is 1.78. The molecule has 2 rings (SSSR count). The number of nitrogens with one attached hydrogen (secondary N) is 1. The normalized spacial score (nSPS) is 17.8. The molecule has 1 aromatic rings. The molecule has 2 N–H and O–H groups in total. The van der Waals surface area contributed by atoms with Crippen LogP contribution in [0.4, 0.5) is 23.7 Å². The van der Waals surface area contributed by atoms with E-state index in [-0.39, 0.29) is 12.2 Å². The van der Waals surface area contributed by atoms with Gasteiger partial charge in [-0.25, -0.2) is 4.79 Å². The van der Waals surface area contributed by atoms with Gasteiger partial charge >= 0.3 is 12.2 Å². The Balaban J connectivity index is 1.88. The van der Waals surface area contributed by atoms with Crippen molar-refractivity contribution < 1.29 is 23.1 Å². The fourth-order valence-corrected chi connectivity index (χ4v) is 2.84. The van der Waals surface area contributed by atoms with Gasteiger partial charge in [0.15, 0.2) is 0 Å². The van der Waals surface area contributed by atoms with Crippen LogP contribution in [0.5, 0.6) is 0 Å². The van der Waals surface area contributed by atoms with Gasteiger partial charge in [-0.3, -0.25) is 4.90 Å². The summed E-state index contributed by atoms with van der Waals surface area (Å²) >= 11 is 0. The van der Waals surface area contributed by atoms with Crippen molar-refractivity contribution in [3.05, 3.63) is 29.8 Å². The number of piperazine rings is 1. The standard InChI is InChI=1S/C17H25F3N4O2/c1-22-7-9-24(10-8-22)12-13(25)11-23(2)16(26)21-15-6-4-3-5-14(15)17(18,19)20/h3-6,13,25H,7-12H2,1-2H3,(H,21,26). The van der Waals surface area contributed by atoms with Crippen LogP contribution in [0, 0.1) is 0 Å². The number of amides is 2. The highest BCUT2D eigenvalue weighted by atomic mass is 19.4. The number of benzene rings is 1. The third kappa shape index (κ3) is 5.86. The number of aliphatic hydroxyl groups excluding tert-OH is 1. The second-order valence-electron chi connectivity index (χ2n) is 6.61. The Kier molecular flexibility index (Phi) is 6.85. The van der Waals surface area contributed by atoms with Crippen molar-refractivity contribution in [3.8, 4) is 0 Å². The Bertz CT molecular complexity index is 604. The van der Waals surface area contributed by atoms with Crippen molar-refractivity contribution in [2.45, 2.75) is 12.3 Å². The van der Waals surface area contributed by atoms with E-state index in [1.54, 1.807) is 0 Å². The summed E-state index contributed by atoms with van der Waals surface area (Å²) in [5.74, 6) is 0. The zero-order valence-corrected chi connectivity index (χ0v) is 15.0. The summed E-state index contributed by atoms with van der Waals surface area (Å²) < 4.78 is 39.0. The van der Waals surface area contributed by atoms with E-state index in [9.17, 15) is 23.1 Å². The molecule has 6 nitrogen and oxygen atoms in total. The van der Waals surface area contributed by atoms with Gasteiger partial charge in [0.25, 0.3) is 0 Å². The lowest BCUT2D eigenvalue weighted by Crippen LogP contribution is -2.49. The molecule has 1 atom stereocenters. The second-order valence-corrected chi connectivity index (χ2v) is 6.61. The zero-order valence-electron chi connectivity index (χ0n) is 15.0. The average molecular weight is 374 g/mol. The lowest BCUT2D eigenvalue weighted by atomic mass is 10.1.